The van der Waals surface area contributed by atoms with E-state index in [1.54, 1.807) is 0 Å². The van der Waals surface area contributed by atoms with Crippen LogP contribution in [0.25, 0.3) is 0 Å². The number of halogens is 2. The quantitative estimate of drug-likeness (QED) is 0.890. The monoisotopic (exact) mass is 268 g/mol. The highest BCUT2D eigenvalue weighted by Gasteiger charge is 2.32. The Kier molecular flexibility index (Phi) is 3.78. The normalized spacial score (nSPS) is 18.5. The number of nitrogens with one attached hydrogen (secondary N) is 1. The molecule has 0 aromatic heterocycles. The summed E-state index contributed by atoms with van der Waals surface area (Å²) in [5, 5.41) is 2.44. The molecule has 1 aliphatic heterocycles. The van der Waals surface area contributed by atoms with Gasteiger partial charge in [-0.3, -0.25) is 9.59 Å². The molecule has 1 fully saturated rings. The highest BCUT2D eigenvalue weighted by atomic mass is 19.1. The number of hydrogen-bond acceptors (Lipinski definition) is 2. The third kappa shape index (κ3) is 3.07. The van der Waals surface area contributed by atoms with E-state index in [-0.39, 0.29) is 11.6 Å². The Balaban J connectivity index is 2.10. The minimum Gasteiger partial charge on any atom is -0.331 e. The summed E-state index contributed by atoms with van der Waals surface area (Å²) < 4.78 is 26.0. The second-order valence-electron chi connectivity index (χ2n) is 4.52. The Bertz CT molecular complexity index is 499. The molecule has 0 unspecified atom stereocenters. The van der Waals surface area contributed by atoms with Crippen molar-refractivity contribution in [2.45, 2.75) is 25.8 Å². The molecule has 19 heavy (non-hydrogen) atoms. The molecule has 0 spiro atoms. The molecular weight excluding hydrogens is 254 g/mol. The zero-order chi connectivity index (χ0) is 14.0. The van der Waals surface area contributed by atoms with Gasteiger partial charge in [0.15, 0.2) is 0 Å². The molecule has 1 aromatic rings. The zero-order valence-electron chi connectivity index (χ0n) is 10.5. The van der Waals surface area contributed by atoms with E-state index >= 15 is 0 Å². The first-order valence-corrected chi connectivity index (χ1v) is 6.01. The Labute approximate surface area is 109 Å². The van der Waals surface area contributed by atoms with Gasteiger partial charge >= 0.3 is 0 Å². The van der Waals surface area contributed by atoms with E-state index in [4.69, 9.17) is 0 Å². The maximum atomic E-state index is 13.0. The molecule has 0 radical (unpaired) electrons. The van der Waals surface area contributed by atoms with Gasteiger partial charge < -0.3 is 10.2 Å². The highest BCUT2D eigenvalue weighted by molar-refractivity contribution is 5.97. The van der Waals surface area contributed by atoms with E-state index in [1.807, 2.05) is 0 Å². The van der Waals surface area contributed by atoms with Crippen LogP contribution in [0.1, 0.15) is 19.8 Å². The Morgan fingerprint density at radius 2 is 1.89 bits per heavy atom. The van der Waals surface area contributed by atoms with Gasteiger partial charge in [-0.25, -0.2) is 8.78 Å². The third-order valence-corrected chi connectivity index (χ3v) is 3.09. The number of carbonyl (C=O) groups excluding carboxylic acids is 2. The lowest BCUT2D eigenvalue weighted by molar-refractivity contribution is -0.134. The molecule has 0 bridgehead atoms. The number of anilines is 1. The lowest BCUT2D eigenvalue weighted by Gasteiger charge is -2.22. The van der Waals surface area contributed by atoms with Crippen LogP contribution in [0.5, 0.6) is 0 Å². The average molecular weight is 268 g/mol. The van der Waals surface area contributed by atoms with Crippen LogP contribution in [-0.2, 0) is 9.59 Å². The van der Waals surface area contributed by atoms with Crippen molar-refractivity contribution < 1.29 is 18.4 Å². The molecule has 1 atom stereocenters. The van der Waals surface area contributed by atoms with Crippen LogP contribution in [0.4, 0.5) is 14.5 Å². The van der Waals surface area contributed by atoms with Gasteiger partial charge in [0.1, 0.15) is 17.7 Å². The van der Waals surface area contributed by atoms with Crippen LogP contribution < -0.4 is 5.32 Å². The second-order valence-corrected chi connectivity index (χ2v) is 4.52. The highest BCUT2D eigenvalue weighted by Crippen LogP contribution is 2.20. The van der Waals surface area contributed by atoms with E-state index in [0.717, 1.165) is 24.6 Å². The average Bonchev–Trinajstić information content (AvgIpc) is 2.75. The van der Waals surface area contributed by atoms with Crippen LogP contribution >= 0.6 is 0 Å². The first-order chi connectivity index (χ1) is 8.97. The molecule has 102 valence electrons. The fourth-order valence-corrected chi connectivity index (χ4v) is 2.27. The van der Waals surface area contributed by atoms with Crippen LogP contribution in [0.15, 0.2) is 18.2 Å². The summed E-state index contributed by atoms with van der Waals surface area (Å²) in [6.07, 6.45) is 1.30. The molecule has 1 aliphatic rings. The Morgan fingerprint density at radius 1 is 1.26 bits per heavy atom. The number of rotatable bonds is 2. The molecule has 6 heteroatoms. The molecule has 1 aromatic carbocycles. The molecule has 4 nitrogen and oxygen atoms in total. The molecule has 1 N–H and O–H groups in total. The van der Waals surface area contributed by atoms with Gasteiger partial charge in [0, 0.05) is 25.2 Å². The molecule has 2 rings (SSSR count). The summed E-state index contributed by atoms with van der Waals surface area (Å²) in [6.45, 7) is 1.93. The SMILES string of the molecule is CC(=O)N1CCC[C@H]1C(=O)Nc1cc(F)cc(F)c1. The minimum atomic E-state index is -0.759. The van der Waals surface area contributed by atoms with Crippen molar-refractivity contribution in [3.05, 3.63) is 29.8 Å². The lowest BCUT2D eigenvalue weighted by Crippen LogP contribution is -2.42. The standard InChI is InChI=1S/C13H14F2N2O2/c1-8(18)17-4-2-3-12(17)13(19)16-11-6-9(14)5-10(15)7-11/h5-7,12H,2-4H2,1H3,(H,16,19)/t12-/m0/s1. The molecule has 0 aliphatic carbocycles. The maximum Gasteiger partial charge on any atom is 0.247 e. The number of carbonyl (C=O) groups is 2. The van der Waals surface area contributed by atoms with Crippen LogP contribution in [-0.4, -0.2) is 29.3 Å². The van der Waals surface area contributed by atoms with Crippen molar-refractivity contribution in [3.63, 3.8) is 0 Å². The van der Waals surface area contributed by atoms with Gasteiger partial charge in [-0.2, -0.15) is 0 Å². The predicted octanol–water partition coefficient (Wildman–Crippen LogP) is 1.91. The number of hydrogen-bond donors (Lipinski definition) is 1. The van der Waals surface area contributed by atoms with Gasteiger partial charge in [-0.05, 0) is 25.0 Å². The van der Waals surface area contributed by atoms with Gasteiger partial charge in [-0.15, -0.1) is 0 Å². The Hall–Kier alpha value is -1.98. The summed E-state index contributed by atoms with van der Waals surface area (Å²) in [6, 6.07) is 2.23. The van der Waals surface area contributed by atoms with Crippen LogP contribution in [0.2, 0.25) is 0 Å². The van der Waals surface area contributed by atoms with Gasteiger partial charge in [0.05, 0.1) is 0 Å². The van der Waals surface area contributed by atoms with E-state index in [0.29, 0.717) is 13.0 Å². The van der Waals surface area contributed by atoms with Crippen molar-refractivity contribution in [2.75, 3.05) is 11.9 Å². The molecule has 1 saturated heterocycles. The topological polar surface area (TPSA) is 49.4 Å². The molecular formula is C13H14F2N2O2. The van der Waals surface area contributed by atoms with Gasteiger partial charge in [0.25, 0.3) is 0 Å². The molecule has 1 heterocycles. The van der Waals surface area contributed by atoms with Crippen LogP contribution in [0, 0.1) is 11.6 Å². The van der Waals surface area contributed by atoms with Crippen LogP contribution in [0.3, 0.4) is 0 Å². The predicted molar refractivity (Wildman–Crippen MR) is 65.4 cm³/mol. The van der Waals surface area contributed by atoms with Crippen molar-refractivity contribution in [2.24, 2.45) is 0 Å². The zero-order valence-corrected chi connectivity index (χ0v) is 10.5. The number of amides is 2. The molecule has 0 saturated carbocycles. The number of likely N-dealkylation sites (tertiary alicyclic amines) is 1. The number of benzene rings is 1. The van der Waals surface area contributed by atoms with E-state index in [1.165, 1.54) is 11.8 Å². The summed E-state index contributed by atoms with van der Waals surface area (Å²) >= 11 is 0. The Morgan fingerprint density at radius 3 is 2.47 bits per heavy atom. The largest absolute Gasteiger partial charge is 0.331 e. The van der Waals surface area contributed by atoms with E-state index in [2.05, 4.69) is 5.32 Å². The molecule has 2 amide bonds. The van der Waals surface area contributed by atoms with E-state index in [9.17, 15) is 18.4 Å². The number of nitrogens with zero attached hydrogens (tertiary/aromatic N) is 1. The first kappa shape index (κ1) is 13.5. The van der Waals surface area contributed by atoms with Crippen molar-refractivity contribution >= 4 is 17.5 Å². The minimum absolute atomic E-state index is 0.0536. The lowest BCUT2D eigenvalue weighted by atomic mass is 10.2. The maximum absolute atomic E-state index is 13.0. The smallest absolute Gasteiger partial charge is 0.247 e. The van der Waals surface area contributed by atoms with Crippen molar-refractivity contribution in [1.29, 1.82) is 0 Å². The summed E-state index contributed by atoms with van der Waals surface area (Å²) in [7, 11) is 0. The first-order valence-electron chi connectivity index (χ1n) is 6.01. The van der Waals surface area contributed by atoms with Crippen molar-refractivity contribution in [1.82, 2.24) is 4.90 Å². The summed E-state index contributed by atoms with van der Waals surface area (Å²) in [5.41, 5.74) is 0.0536. The summed E-state index contributed by atoms with van der Waals surface area (Å²) in [4.78, 5) is 24.8. The van der Waals surface area contributed by atoms with Gasteiger partial charge in [-0.1, -0.05) is 0 Å². The fraction of sp³-hybridized carbons (Fsp3) is 0.385. The van der Waals surface area contributed by atoms with E-state index < -0.39 is 23.6 Å². The fourth-order valence-electron chi connectivity index (χ4n) is 2.27. The van der Waals surface area contributed by atoms with Gasteiger partial charge in [0.2, 0.25) is 11.8 Å². The summed E-state index contributed by atoms with van der Waals surface area (Å²) in [5.74, 6) is -2.11. The third-order valence-electron chi connectivity index (χ3n) is 3.09. The van der Waals surface area contributed by atoms with Crippen molar-refractivity contribution in [3.8, 4) is 0 Å². The second kappa shape index (κ2) is 5.34.